The molecule has 3 rings (SSSR count). The largest absolute Gasteiger partial charge is 0.454 e. The van der Waals surface area contributed by atoms with Crippen LogP contribution in [0.3, 0.4) is 0 Å². The van der Waals surface area contributed by atoms with Crippen LogP contribution in [0.15, 0.2) is 18.2 Å². The first-order valence-corrected chi connectivity index (χ1v) is 8.08. The van der Waals surface area contributed by atoms with Crippen LogP contribution >= 0.6 is 0 Å². The van der Waals surface area contributed by atoms with Crippen LogP contribution in [0.1, 0.15) is 32.3 Å². The molecule has 0 bridgehead atoms. The van der Waals surface area contributed by atoms with E-state index in [4.69, 9.17) is 9.47 Å². The minimum absolute atomic E-state index is 0.144. The molecule has 2 atom stereocenters. The smallest absolute Gasteiger partial charge is 0.231 e. The number of hydrogen-bond donors (Lipinski definition) is 1. The van der Waals surface area contributed by atoms with Crippen molar-refractivity contribution in [1.29, 1.82) is 0 Å². The highest BCUT2D eigenvalue weighted by Gasteiger charge is 2.28. The molecule has 5 heteroatoms. The van der Waals surface area contributed by atoms with Crippen molar-refractivity contribution >= 4 is 5.91 Å². The van der Waals surface area contributed by atoms with Crippen molar-refractivity contribution < 1.29 is 14.3 Å². The van der Waals surface area contributed by atoms with Gasteiger partial charge in [-0.05, 0) is 50.9 Å². The highest BCUT2D eigenvalue weighted by atomic mass is 16.7. The Kier molecular flexibility index (Phi) is 4.52. The average molecular weight is 304 g/mol. The zero-order chi connectivity index (χ0) is 15.5. The van der Waals surface area contributed by atoms with Gasteiger partial charge in [0.05, 0.1) is 0 Å². The molecule has 5 nitrogen and oxygen atoms in total. The molecule has 2 aliphatic heterocycles. The monoisotopic (exact) mass is 304 g/mol. The van der Waals surface area contributed by atoms with Gasteiger partial charge in [0.1, 0.15) is 0 Å². The van der Waals surface area contributed by atoms with Crippen LogP contribution in [-0.2, 0) is 11.3 Å². The average Bonchev–Trinajstić information content (AvgIpc) is 2.99. The van der Waals surface area contributed by atoms with Crippen LogP contribution < -0.4 is 14.8 Å². The molecule has 1 fully saturated rings. The van der Waals surface area contributed by atoms with Gasteiger partial charge in [-0.3, -0.25) is 4.79 Å². The quantitative estimate of drug-likeness (QED) is 0.926. The molecule has 22 heavy (non-hydrogen) atoms. The van der Waals surface area contributed by atoms with Crippen LogP contribution in [-0.4, -0.2) is 36.7 Å². The van der Waals surface area contributed by atoms with Crippen molar-refractivity contribution in [3.05, 3.63) is 23.8 Å². The summed E-state index contributed by atoms with van der Waals surface area (Å²) in [5.41, 5.74) is 1.08. The maximum absolute atomic E-state index is 12.8. The van der Waals surface area contributed by atoms with Gasteiger partial charge in [0.25, 0.3) is 0 Å². The molecule has 0 radical (unpaired) electrons. The lowest BCUT2D eigenvalue weighted by Gasteiger charge is -2.31. The third-order valence-electron chi connectivity index (χ3n) is 4.48. The summed E-state index contributed by atoms with van der Waals surface area (Å²) >= 11 is 0. The number of ether oxygens (including phenoxy) is 2. The lowest BCUT2D eigenvalue weighted by molar-refractivity contribution is -0.137. The minimum Gasteiger partial charge on any atom is -0.454 e. The first kappa shape index (κ1) is 15.2. The van der Waals surface area contributed by atoms with Gasteiger partial charge in [-0.1, -0.05) is 6.07 Å². The van der Waals surface area contributed by atoms with Crippen molar-refractivity contribution in [1.82, 2.24) is 10.2 Å². The highest BCUT2D eigenvalue weighted by molar-refractivity contribution is 5.79. The molecular weight excluding hydrogens is 280 g/mol. The van der Waals surface area contributed by atoms with E-state index in [9.17, 15) is 4.79 Å². The van der Waals surface area contributed by atoms with Crippen LogP contribution in [0, 0.1) is 5.92 Å². The molecule has 2 aliphatic rings. The van der Waals surface area contributed by atoms with Crippen molar-refractivity contribution in [2.45, 2.75) is 39.3 Å². The summed E-state index contributed by atoms with van der Waals surface area (Å²) in [5, 5.41) is 3.40. The van der Waals surface area contributed by atoms with E-state index in [0.717, 1.165) is 43.0 Å². The maximum atomic E-state index is 12.8. The Morgan fingerprint density at radius 1 is 1.36 bits per heavy atom. The Labute approximate surface area is 131 Å². The molecule has 2 heterocycles. The number of piperidine rings is 1. The van der Waals surface area contributed by atoms with Crippen LogP contribution in [0.25, 0.3) is 0 Å². The fourth-order valence-electron chi connectivity index (χ4n) is 3.22. The molecule has 1 aromatic carbocycles. The predicted octanol–water partition coefficient (Wildman–Crippen LogP) is 2.15. The van der Waals surface area contributed by atoms with E-state index in [1.807, 2.05) is 30.0 Å². The topological polar surface area (TPSA) is 50.8 Å². The van der Waals surface area contributed by atoms with Crippen LogP contribution in [0.5, 0.6) is 11.5 Å². The van der Waals surface area contributed by atoms with Crippen LogP contribution in [0.4, 0.5) is 0 Å². The normalized spacial score (nSPS) is 23.4. The Hall–Kier alpha value is -1.75. The van der Waals surface area contributed by atoms with E-state index >= 15 is 0 Å². The van der Waals surface area contributed by atoms with E-state index in [2.05, 4.69) is 12.2 Å². The van der Waals surface area contributed by atoms with E-state index in [-0.39, 0.29) is 18.6 Å². The van der Waals surface area contributed by atoms with Gasteiger partial charge >= 0.3 is 0 Å². The van der Waals surface area contributed by atoms with Gasteiger partial charge in [-0.2, -0.15) is 0 Å². The fraction of sp³-hybridized carbons (Fsp3) is 0.588. The van der Waals surface area contributed by atoms with Crippen LogP contribution in [0.2, 0.25) is 0 Å². The molecule has 1 amide bonds. The standard InChI is InChI=1S/C17H24N2O3/c1-3-19(17(20)14-6-7-18-12(2)8-14)10-13-4-5-15-16(9-13)22-11-21-15/h4-5,9,12,14,18H,3,6-8,10-11H2,1-2H3/t12-,14-/m0/s1. The second kappa shape index (κ2) is 6.57. The van der Waals surface area contributed by atoms with E-state index in [0.29, 0.717) is 12.6 Å². The lowest BCUT2D eigenvalue weighted by atomic mass is 9.92. The lowest BCUT2D eigenvalue weighted by Crippen LogP contribution is -2.43. The molecule has 0 aliphatic carbocycles. The SMILES string of the molecule is CCN(Cc1ccc2c(c1)OCO2)C(=O)[C@H]1CCN[C@@H](C)C1. The van der Waals surface area contributed by atoms with Crippen molar-refractivity contribution in [2.24, 2.45) is 5.92 Å². The number of hydrogen-bond acceptors (Lipinski definition) is 4. The van der Waals surface area contributed by atoms with E-state index in [1.165, 1.54) is 0 Å². The molecule has 0 spiro atoms. The second-order valence-electron chi connectivity index (χ2n) is 6.12. The Morgan fingerprint density at radius 3 is 2.95 bits per heavy atom. The predicted molar refractivity (Wildman–Crippen MR) is 83.8 cm³/mol. The summed E-state index contributed by atoms with van der Waals surface area (Å²) in [7, 11) is 0. The number of rotatable bonds is 4. The van der Waals surface area contributed by atoms with Crippen molar-refractivity contribution in [2.75, 3.05) is 19.9 Å². The molecule has 1 N–H and O–H groups in total. The van der Waals surface area contributed by atoms with Gasteiger partial charge in [-0.25, -0.2) is 0 Å². The summed E-state index contributed by atoms with van der Waals surface area (Å²) in [6.45, 7) is 6.75. The molecule has 0 aromatic heterocycles. The highest BCUT2D eigenvalue weighted by Crippen LogP contribution is 2.33. The summed E-state index contributed by atoms with van der Waals surface area (Å²) in [6.07, 6.45) is 1.86. The number of carbonyl (C=O) groups is 1. The third-order valence-corrected chi connectivity index (χ3v) is 4.48. The van der Waals surface area contributed by atoms with Gasteiger partial charge in [0.15, 0.2) is 11.5 Å². The Bertz CT molecular complexity index is 547. The van der Waals surface area contributed by atoms with Gasteiger partial charge in [0, 0.05) is 25.0 Å². The second-order valence-corrected chi connectivity index (χ2v) is 6.12. The Morgan fingerprint density at radius 2 is 2.18 bits per heavy atom. The van der Waals surface area contributed by atoms with E-state index in [1.54, 1.807) is 0 Å². The number of carbonyl (C=O) groups excluding carboxylic acids is 1. The van der Waals surface area contributed by atoms with Crippen molar-refractivity contribution in [3.63, 3.8) is 0 Å². The first-order chi connectivity index (χ1) is 10.7. The number of nitrogens with one attached hydrogen (secondary N) is 1. The summed E-state index contributed by atoms with van der Waals surface area (Å²) in [5.74, 6) is 1.97. The molecule has 0 saturated carbocycles. The zero-order valence-electron chi connectivity index (χ0n) is 13.3. The van der Waals surface area contributed by atoms with Crippen molar-refractivity contribution in [3.8, 4) is 11.5 Å². The molecule has 120 valence electrons. The molecule has 1 saturated heterocycles. The third kappa shape index (κ3) is 3.19. The molecule has 1 aromatic rings. The molecule has 0 unspecified atom stereocenters. The van der Waals surface area contributed by atoms with Gasteiger partial charge < -0.3 is 19.7 Å². The maximum Gasteiger partial charge on any atom is 0.231 e. The summed E-state index contributed by atoms with van der Waals surface area (Å²) in [6, 6.07) is 6.33. The summed E-state index contributed by atoms with van der Waals surface area (Å²) < 4.78 is 10.7. The number of nitrogens with zero attached hydrogens (tertiary/aromatic N) is 1. The van der Waals surface area contributed by atoms with E-state index < -0.39 is 0 Å². The Balaban J connectivity index is 1.67. The fourth-order valence-corrected chi connectivity index (χ4v) is 3.22. The minimum atomic E-state index is 0.144. The summed E-state index contributed by atoms with van der Waals surface area (Å²) in [4.78, 5) is 14.7. The van der Waals surface area contributed by atoms with Gasteiger partial charge in [-0.15, -0.1) is 0 Å². The van der Waals surface area contributed by atoms with Gasteiger partial charge in [0.2, 0.25) is 12.7 Å². The number of amides is 1. The zero-order valence-corrected chi connectivity index (χ0v) is 13.3. The number of benzene rings is 1. The number of fused-ring (bicyclic) bond motifs is 1. The molecular formula is C17H24N2O3. The first-order valence-electron chi connectivity index (χ1n) is 8.08.